The smallest absolute Gasteiger partial charge is 0.296 e. The zero-order valence-corrected chi connectivity index (χ0v) is 18.1. The molecule has 0 bridgehead atoms. The zero-order valence-electron chi connectivity index (χ0n) is 16.4. The maximum absolute atomic E-state index is 12.4. The highest BCUT2D eigenvalue weighted by Crippen LogP contribution is 2.38. The molecule has 0 aliphatic heterocycles. The van der Waals surface area contributed by atoms with Crippen molar-refractivity contribution in [1.82, 2.24) is 15.0 Å². The number of aryl methyl sites for hydroxylation is 1. The van der Waals surface area contributed by atoms with Crippen molar-refractivity contribution in [3.05, 3.63) is 54.0 Å². The van der Waals surface area contributed by atoms with Gasteiger partial charge in [0.25, 0.3) is 14.2 Å². The Hall–Kier alpha value is -2.84. The van der Waals surface area contributed by atoms with E-state index in [0.717, 1.165) is 5.56 Å². The second-order valence-corrected chi connectivity index (χ2v) is 10.4. The second-order valence-electron chi connectivity index (χ2n) is 6.86. The number of carbonyl (C=O) groups is 1. The Morgan fingerprint density at radius 2 is 1.74 bits per heavy atom. The Morgan fingerprint density at radius 1 is 1.13 bits per heavy atom. The second kappa shape index (κ2) is 7.69. The van der Waals surface area contributed by atoms with Crippen molar-refractivity contribution in [3.63, 3.8) is 0 Å². The van der Waals surface area contributed by atoms with E-state index in [2.05, 4.69) is 15.0 Å². The summed E-state index contributed by atoms with van der Waals surface area (Å²) in [7, 11) is -10.9. The number of hydrogen-bond donors (Lipinski definition) is 3. The van der Waals surface area contributed by atoms with Crippen LogP contribution >= 0.6 is 0 Å². The first-order valence-corrected chi connectivity index (χ1v) is 11.7. The normalized spacial score (nSPS) is 15.4. The number of fused-ring (bicyclic) bond motifs is 1. The Labute approximate surface area is 178 Å². The number of nitrogens with zero attached hydrogens (tertiary/aromatic N) is 3. The van der Waals surface area contributed by atoms with Crippen molar-refractivity contribution in [1.29, 1.82) is 0 Å². The molecule has 13 heteroatoms. The van der Waals surface area contributed by atoms with Crippen molar-refractivity contribution < 1.29 is 26.2 Å². The van der Waals surface area contributed by atoms with Gasteiger partial charge in [0.2, 0.25) is 10.0 Å². The third-order valence-corrected chi connectivity index (χ3v) is 8.89. The van der Waals surface area contributed by atoms with E-state index in [4.69, 9.17) is 10.9 Å². The highest BCUT2D eigenvalue weighted by atomic mass is 32.3. The summed E-state index contributed by atoms with van der Waals surface area (Å²) in [6.45, 7) is 2.42. The van der Waals surface area contributed by atoms with Crippen LogP contribution in [0, 0.1) is 6.92 Å². The largest absolute Gasteiger partial charge is 0.320 e. The topological polar surface area (TPSA) is 196 Å². The first-order chi connectivity index (χ1) is 14.3. The molecule has 0 saturated carbocycles. The Kier molecular flexibility index (Phi) is 5.67. The van der Waals surface area contributed by atoms with Crippen LogP contribution in [0.5, 0.6) is 0 Å². The zero-order chi connectivity index (χ0) is 23.2. The molecule has 0 radical (unpaired) electrons. The fourth-order valence-electron chi connectivity index (χ4n) is 3.47. The Bertz CT molecular complexity index is 1370. The number of pyridine rings is 3. The number of rotatable bonds is 6. The molecule has 3 aromatic rings. The summed E-state index contributed by atoms with van der Waals surface area (Å²) in [4.78, 5) is 25.0. The predicted octanol–water partition coefficient (Wildman–Crippen LogP) is 0.462. The van der Waals surface area contributed by atoms with Crippen LogP contribution in [0.3, 0.4) is 0 Å². The van der Waals surface area contributed by atoms with Crippen LogP contribution in [0.25, 0.3) is 22.3 Å². The van der Waals surface area contributed by atoms with Gasteiger partial charge in [0.1, 0.15) is 0 Å². The number of Topliss-reactive ketones (excluding diaryl/α,β-unsaturated/α-hetero) is 1. The molecule has 0 amide bonds. The minimum Gasteiger partial charge on any atom is -0.320 e. The molecule has 0 saturated heterocycles. The van der Waals surface area contributed by atoms with Gasteiger partial charge in [-0.25, -0.2) is 18.5 Å². The van der Waals surface area contributed by atoms with E-state index in [-0.39, 0.29) is 16.9 Å². The monoisotopic (exact) mass is 465 g/mol. The van der Waals surface area contributed by atoms with Crippen molar-refractivity contribution >= 4 is 36.8 Å². The molecule has 0 spiro atoms. The number of sulfonamides is 1. The summed E-state index contributed by atoms with van der Waals surface area (Å²) >= 11 is 0. The number of aromatic nitrogens is 3. The van der Waals surface area contributed by atoms with Crippen molar-refractivity contribution in [2.75, 3.05) is 0 Å². The number of nitrogens with two attached hydrogens (primary N) is 2. The number of hydrogen-bond acceptors (Lipinski definition) is 9. The number of primary sulfonamides is 1. The van der Waals surface area contributed by atoms with Gasteiger partial charge < -0.3 is 5.73 Å². The van der Waals surface area contributed by atoms with E-state index in [0.29, 0.717) is 18.0 Å². The summed E-state index contributed by atoms with van der Waals surface area (Å²) in [5.74, 6) is -1.49. The highest BCUT2D eigenvalue weighted by molar-refractivity contribution is 8.08. The molecule has 2 atom stereocenters. The van der Waals surface area contributed by atoms with Crippen LogP contribution < -0.4 is 10.9 Å². The van der Waals surface area contributed by atoms with Gasteiger partial charge in [-0.2, -0.15) is 8.42 Å². The summed E-state index contributed by atoms with van der Waals surface area (Å²) in [6, 6.07) is 6.08. The summed E-state index contributed by atoms with van der Waals surface area (Å²) in [5, 5.41) is 5.55. The van der Waals surface area contributed by atoms with Crippen LogP contribution in [0.2, 0.25) is 0 Å². The molecule has 164 valence electrons. The van der Waals surface area contributed by atoms with Crippen LogP contribution in [-0.4, -0.2) is 46.2 Å². The molecular formula is C18H19N5O6S2. The van der Waals surface area contributed by atoms with E-state index in [1.807, 2.05) is 0 Å². The average Bonchev–Trinajstić information content (AvgIpc) is 2.65. The first-order valence-electron chi connectivity index (χ1n) is 8.76. The van der Waals surface area contributed by atoms with E-state index in [1.165, 1.54) is 12.4 Å². The lowest BCUT2D eigenvalue weighted by Crippen LogP contribution is -2.61. The molecule has 0 aromatic carbocycles. The number of ketones is 1. The van der Waals surface area contributed by atoms with E-state index < -0.39 is 36.0 Å². The Balaban J connectivity index is 2.46. The lowest BCUT2D eigenvalue weighted by atomic mass is 10.0. The number of carbonyl (C=O) groups excluding carboxylic acids is 1. The molecule has 0 aliphatic carbocycles. The van der Waals surface area contributed by atoms with Gasteiger partial charge in [-0.3, -0.25) is 19.3 Å². The first kappa shape index (κ1) is 22.8. The molecule has 5 N–H and O–H groups in total. The molecule has 3 rings (SSSR count). The van der Waals surface area contributed by atoms with Gasteiger partial charge in [-0.15, -0.1) is 0 Å². The fraction of sp³-hybridized carbons (Fsp3) is 0.222. The van der Waals surface area contributed by atoms with Gasteiger partial charge in [-0.1, -0.05) is 12.1 Å². The SMILES string of the molecule is CC(=O)C(C(N)c1nc(-c2ncccc2C)cc2cccnc12)(S(N)(=O)=O)S(=O)(=O)O. The summed E-state index contributed by atoms with van der Waals surface area (Å²) < 4.78 is 55.5. The van der Waals surface area contributed by atoms with Gasteiger partial charge in [0.05, 0.1) is 28.6 Å². The highest BCUT2D eigenvalue weighted by Gasteiger charge is 2.63. The molecule has 3 aromatic heterocycles. The molecule has 0 aliphatic rings. The van der Waals surface area contributed by atoms with E-state index in [1.54, 1.807) is 37.3 Å². The maximum atomic E-state index is 12.4. The van der Waals surface area contributed by atoms with Crippen LogP contribution in [0.4, 0.5) is 0 Å². The lowest BCUT2D eigenvalue weighted by Gasteiger charge is -2.31. The fourth-order valence-corrected chi connectivity index (χ4v) is 6.30. The van der Waals surface area contributed by atoms with Crippen molar-refractivity contribution in [3.8, 4) is 11.4 Å². The molecular weight excluding hydrogens is 446 g/mol. The van der Waals surface area contributed by atoms with Crippen molar-refractivity contribution in [2.24, 2.45) is 10.9 Å². The van der Waals surface area contributed by atoms with Crippen LogP contribution in [0.15, 0.2) is 42.7 Å². The third-order valence-electron chi connectivity index (χ3n) is 4.87. The van der Waals surface area contributed by atoms with Crippen molar-refractivity contribution in [2.45, 2.75) is 24.0 Å². The van der Waals surface area contributed by atoms with Gasteiger partial charge in [-0.05, 0) is 37.6 Å². The van der Waals surface area contributed by atoms with E-state index >= 15 is 0 Å². The minimum atomic E-state index is -5.66. The van der Waals surface area contributed by atoms with Gasteiger partial charge in [0.15, 0.2) is 5.78 Å². The molecule has 0 fully saturated rings. The molecule has 3 heterocycles. The third kappa shape index (κ3) is 3.59. The predicted molar refractivity (Wildman–Crippen MR) is 113 cm³/mol. The standard InChI is InChI=1S/C18H19N5O6S2/c1-10-5-3-7-21-14(10)13-9-12-6-4-8-22-15(12)16(23-13)17(19)18(11(2)24,30(20,25)26)31(27,28)29/h3-9,17H,19H2,1-2H3,(H2,20,25,26)(H,27,28,29). The Morgan fingerprint density at radius 3 is 2.29 bits per heavy atom. The summed E-state index contributed by atoms with van der Waals surface area (Å²) in [6.07, 6.45) is 2.87. The maximum Gasteiger partial charge on any atom is 0.296 e. The average molecular weight is 466 g/mol. The quantitative estimate of drug-likeness (QED) is 0.430. The van der Waals surface area contributed by atoms with Crippen LogP contribution in [-0.2, 0) is 24.9 Å². The van der Waals surface area contributed by atoms with E-state index in [9.17, 15) is 26.2 Å². The molecule has 11 nitrogen and oxygen atoms in total. The van der Waals surface area contributed by atoms with Gasteiger partial charge in [0, 0.05) is 17.8 Å². The molecule has 31 heavy (non-hydrogen) atoms. The summed E-state index contributed by atoms with van der Waals surface area (Å²) in [5.41, 5.74) is 7.09. The van der Waals surface area contributed by atoms with Gasteiger partial charge >= 0.3 is 0 Å². The molecule has 2 unspecified atom stereocenters. The lowest BCUT2D eigenvalue weighted by molar-refractivity contribution is -0.118. The van der Waals surface area contributed by atoms with Crippen LogP contribution in [0.1, 0.15) is 24.2 Å². The minimum absolute atomic E-state index is 0.0326.